The molecule has 0 saturated carbocycles. The highest BCUT2D eigenvalue weighted by Crippen LogP contribution is 2.23. The predicted octanol–water partition coefficient (Wildman–Crippen LogP) is 3.76. The summed E-state index contributed by atoms with van der Waals surface area (Å²) in [4.78, 5) is 39.2. The molecule has 0 spiro atoms. The number of benzene rings is 2. The maximum atomic E-state index is 13.0. The smallest absolute Gasteiger partial charge is 0.328 e. The van der Waals surface area contributed by atoms with Crippen LogP contribution in [-0.2, 0) is 27.3 Å². The second-order valence-corrected chi connectivity index (χ2v) is 10.1. The normalized spacial score (nSPS) is 16.0. The van der Waals surface area contributed by atoms with Gasteiger partial charge >= 0.3 is 5.97 Å². The Labute approximate surface area is 219 Å². The Bertz CT molecular complexity index is 1210. The summed E-state index contributed by atoms with van der Waals surface area (Å²) >= 11 is 0. The van der Waals surface area contributed by atoms with Crippen LogP contribution in [0.15, 0.2) is 54.6 Å². The Hall–Kier alpha value is -3.52. The van der Waals surface area contributed by atoms with E-state index >= 15 is 0 Å². The van der Waals surface area contributed by atoms with Gasteiger partial charge in [0.1, 0.15) is 17.7 Å². The van der Waals surface area contributed by atoms with Crippen molar-refractivity contribution >= 4 is 28.6 Å². The Balaban J connectivity index is 1.42. The zero-order valence-corrected chi connectivity index (χ0v) is 22.2. The Morgan fingerprint density at radius 3 is 2.30 bits per heavy atom. The number of piperazine rings is 1. The summed E-state index contributed by atoms with van der Waals surface area (Å²) in [6.45, 7) is 9.44. The van der Waals surface area contributed by atoms with Crippen LogP contribution in [0.1, 0.15) is 32.2 Å². The van der Waals surface area contributed by atoms with E-state index < -0.39 is 6.04 Å². The number of fused-ring (bicyclic) bond motifs is 1. The van der Waals surface area contributed by atoms with Crippen molar-refractivity contribution in [3.05, 3.63) is 66.0 Å². The van der Waals surface area contributed by atoms with Crippen molar-refractivity contribution in [2.24, 2.45) is 11.8 Å². The molecule has 0 bridgehead atoms. The lowest BCUT2D eigenvalue weighted by molar-refractivity contribution is -0.142. The van der Waals surface area contributed by atoms with Gasteiger partial charge in [-0.2, -0.15) is 0 Å². The van der Waals surface area contributed by atoms with E-state index in [1.165, 1.54) is 12.7 Å². The minimum Gasteiger partial charge on any atom is -0.467 e. The lowest BCUT2D eigenvalue weighted by Crippen LogP contribution is -2.50. The number of hydrogen-bond donors (Lipinski definition) is 1. The second-order valence-electron chi connectivity index (χ2n) is 10.1. The predicted molar refractivity (Wildman–Crippen MR) is 145 cm³/mol. The second kappa shape index (κ2) is 12.1. The molecule has 1 aliphatic heterocycles. The monoisotopic (exact) mass is 503 g/mol. The van der Waals surface area contributed by atoms with E-state index in [9.17, 15) is 9.59 Å². The molecule has 1 N–H and O–H groups in total. The van der Waals surface area contributed by atoms with E-state index in [1.807, 2.05) is 68.1 Å². The van der Waals surface area contributed by atoms with Crippen LogP contribution in [0.25, 0.3) is 10.9 Å². The van der Waals surface area contributed by atoms with Crippen LogP contribution < -0.4 is 5.32 Å². The third kappa shape index (κ3) is 6.63. The molecular formula is C29H37N5O3. The number of para-hydroxylation sites is 1. The molecule has 1 amide bonds. The number of ether oxygens (including phenoxy) is 1. The summed E-state index contributed by atoms with van der Waals surface area (Å²) in [5, 5.41) is 4.17. The zero-order valence-electron chi connectivity index (χ0n) is 22.2. The average molecular weight is 504 g/mol. The highest BCUT2D eigenvalue weighted by atomic mass is 16.5. The maximum absolute atomic E-state index is 13.0. The lowest BCUT2D eigenvalue weighted by Gasteiger charge is -2.35. The summed E-state index contributed by atoms with van der Waals surface area (Å²) in [5.41, 5.74) is 2.01. The number of rotatable bonds is 9. The summed E-state index contributed by atoms with van der Waals surface area (Å²) in [6, 6.07) is 17.5. The van der Waals surface area contributed by atoms with Crippen molar-refractivity contribution in [3.63, 3.8) is 0 Å². The average Bonchev–Trinajstić information content (AvgIpc) is 2.91. The van der Waals surface area contributed by atoms with E-state index in [-0.39, 0.29) is 23.7 Å². The van der Waals surface area contributed by atoms with Gasteiger partial charge in [-0.15, -0.1) is 0 Å². The summed E-state index contributed by atoms with van der Waals surface area (Å²) in [7, 11) is 1.40. The van der Waals surface area contributed by atoms with Crippen LogP contribution in [0.5, 0.6) is 0 Å². The van der Waals surface area contributed by atoms with Crippen molar-refractivity contribution in [2.45, 2.75) is 39.8 Å². The molecule has 1 fully saturated rings. The van der Waals surface area contributed by atoms with Crippen LogP contribution in [0, 0.1) is 11.8 Å². The fourth-order valence-corrected chi connectivity index (χ4v) is 4.77. The Morgan fingerprint density at radius 2 is 1.62 bits per heavy atom. The summed E-state index contributed by atoms with van der Waals surface area (Å²) < 4.78 is 5.00. The van der Waals surface area contributed by atoms with Gasteiger partial charge in [-0.25, -0.2) is 14.8 Å². The highest BCUT2D eigenvalue weighted by Gasteiger charge is 2.27. The molecule has 4 rings (SSSR count). The Morgan fingerprint density at radius 1 is 0.946 bits per heavy atom. The molecule has 0 radical (unpaired) electrons. The van der Waals surface area contributed by atoms with E-state index in [1.54, 1.807) is 0 Å². The molecule has 1 unspecified atom stereocenters. The molecule has 3 aromatic rings. The SMILES string of the molecule is COC(=O)[C@@H](Nc1nc(CN2CCN(C(=O)C(C)Cc3ccccc3)CC2)nc2ccccc12)C(C)C. The quantitative estimate of drug-likeness (QED) is 0.445. The van der Waals surface area contributed by atoms with Gasteiger partial charge in [0.25, 0.3) is 0 Å². The van der Waals surface area contributed by atoms with Crippen molar-refractivity contribution in [2.75, 3.05) is 38.6 Å². The molecule has 37 heavy (non-hydrogen) atoms. The fourth-order valence-electron chi connectivity index (χ4n) is 4.77. The van der Waals surface area contributed by atoms with Gasteiger partial charge in [-0.1, -0.05) is 63.2 Å². The maximum Gasteiger partial charge on any atom is 0.328 e. The number of nitrogens with zero attached hydrogens (tertiary/aromatic N) is 4. The lowest BCUT2D eigenvalue weighted by atomic mass is 9.99. The first-order chi connectivity index (χ1) is 17.9. The molecule has 0 aliphatic carbocycles. The first-order valence-corrected chi connectivity index (χ1v) is 13.0. The zero-order chi connectivity index (χ0) is 26.4. The van der Waals surface area contributed by atoms with Crippen LogP contribution in [-0.4, -0.2) is 71.0 Å². The number of methoxy groups -OCH3 is 1. The van der Waals surface area contributed by atoms with E-state index in [2.05, 4.69) is 22.3 Å². The molecule has 2 atom stereocenters. The first kappa shape index (κ1) is 26.5. The third-order valence-electron chi connectivity index (χ3n) is 6.92. The van der Waals surface area contributed by atoms with Gasteiger partial charge in [-0.3, -0.25) is 9.69 Å². The number of nitrogens with one attached hydrogen (secondary N) is 1. The molecule has 196 valence electrons. The van der Waals surface area contributed by atoms with Crippen LogP contribution in [0.4, 0.5) is 5.82 Å². The van der Waals surface area contributed by atoms with Crippen molar-refractivity contribution in [1.29, 1.82) is 0 Å². The largest absolute Gasteiger partial charge is 0.467 e. The fraction of sp³-hybridized carbons (Fsp3) is 0.448. The molecule has 1 aromatic heterocycles. The van der Waals surface area contributed by atoms with Crippen LogP contribution >= 0.6 is 0 Å². The number of anilines is 1. The van der Waals surface area contributed by atoms with Crippen molar-refractivity contribution in [1.82, 2.24) is 19.8 Å². The number of hydrogen-bond acceptors (Lipinski definition) is 7. The van der Waals surface area contributed by atoms with Crippen molar-refractivity contribution < 1.29 is 14.3 Å². The number of amides is 1. The van der Waals surface area contributed by atoms with Gasteiger partial charge in [0.2, 0.25) is 5.91 Å². The van der Waals surface area contributed by atoms with E-state index in [0.29, 0.717) is 31.3 Å². The Kier molecular flexibility index (Phi) is 8.71. The summed E-state index contributed by atoms with van der Waals surface area (Å²) in [5.74, 6) is 1.19. The molecular weight excluding hydrogens is 466 g/mol. The van der Waals surface area contributed by atoms with E-state index in [0.717, 1.165) is 30.4 Å². The van der Waals surface area contributed by atoms with Gasteiger partial charge in [0.05, 0.1) is 19.2 Å². The molecule has 1 saturated heterocycles. The minimum atomic E-state index is -0.511. The topological polar surface area (TPSA) is 87.7 Å². The molecule has 8 nitrogen and oxygen atoms in total. The standard InChI is InChI=1S/C29H37N5O3/c1-20(2)26(29(36)37-4)32-27-23-12-8-9-13-24(23)30-25(31-27)19-33-14-16-34(17-15-33)28(35)21(3)18-22-10-6-5-7-11-22/h5-13,20-21,26H,14-19H2,1-4H3,(H,30,31,32)/t21?,26-/m0/s1. The molecule has 2 heterocycles. The number of esters is 1. The molecule has 2 aromatic carbocycles. The first-order valence-electron chi connectivity index (χ1n) is 13.0. The van der Waals surface area contributed by atoms with E-state index in [4.69, 9.17) is 14.7 Å². The molecule has 1 aliphatic rings. The van der Waals surface area contributed by atoms with Crippen LogP contribution in [0.2, 0.25) is 0 Å². The van der Waals surface area contributed by atoms with Gasteiger partial charge in [0.15, 0.2) is 0 Å². The summed E-state index contributed by atoms with van der Waals surface area (Å²) in [6.07, 6.45) is 0.754. The van der Waals surface area contributed by atoms with Crippen LogP contribution in [0.3, 0.4) is 0 Å². The van der Waals surface area contributed by atoms with Gasteiger partial charge < -0.3 is 15.0 Å². The van der Waals surface area contributed by atoms with Crippen molar-refractivity contribution in [3.8, 4) is 0 Å². The van der Waals surface area contributed by atoms with Gasteiger partial charge in [-0.05, 0) is 30.0 Å². The number of carbonyl (C=O) groups excluding carboxylic acids is 2. The minimum absolute atomic E-state index is 0.0273. The number of aromatic nitrogens is 2. The highest BCUT2D eigenvalue weighted by molar-refractivity contribution is 5.91. The third-order valence-corrected chi connectivity index (χ3v) is 6.92. The number of carbonyl (C=O) groups is 2. The molecule has 8 heteroatoms. The van der Waals surface area contributed by atoms with Gasteiger partial charge in [0, 0.05) is 37.5 Å².